The lowest BCUT2D eigenvalue weighted by molar-refractivity contribution is -0.137. The molecule has 0 aromatic carbocycles. The number of carboxylic acid groups (broad SMARTS) is 1. The second-order valence-corrected chi connectivity index (χ2v) is 5.66. The van der Waals surface area contributed by atoms with Crippen molar-refractivity contribution in [3.8, 4) is 0 Å². The van der Waals surface area contributed by atoms with Gasteiger partial charge in [-0.3, -0.25) is 4.79 Å². The van der Waals surface area contributed by atoms with Crippen molar-refractivity contribution in [1.29, 1.82) is 0 Å². The van der Waals surface area contributed by atoms with E-state index < -0.39 is 11.5 Å². The summed E-state index contributed by atoms with van der Waals surface area (Å²) in [6.45, 7) is 8.20. The van der Waals surface area contributed by atoms with Crippen molar-refractivity contribution in [2.45, 2.75) is 45.7 Å². The number of rotatable bonds is 6. The molecule has 0 aliphatic rings. The van der Waals surface area contributed by atoms with Gasteiger partial charge in [0.2, 0.25) is 0 Å². The molecule has 0 saturated heterocycles. The van der Waals surface area contributed by atoms with E-state index in [1.807, 2.05) is 27.7 Å². The molecule has 0 bridgehead atoms. The predicted molar refractivity (Wildman–Crippen MR) is 73.2 cm³/mol. The van der Waals surface area contributed by atoms with Crippen LogP contribution in [0.1, 0.15) is 34.1 Å². The first kappa shape index (κ1) is 17.7. The third kappa shape index (κ3) is 5.92. The average molecular weight is 274 g/mol. The Hall–Kier alpha value is -1.30. The molecule has 0 aromatic heterocycles. The van der Waals surface area contributed by atoms with Gasteiger partial charge in [-0.05, 0) is 27.7 Å². The van der Waals surface area contributed by atoms with E-state index in [1.165, 1.54) is 0 Å². The number of ether oxygens (including phenoxy) is 1. The predicted octanol–water partition coefficient (Wildman–Crippen LogP) is 1.65. The summed E-state index contributed by atoms with van der Waals surface area (Å²) in [4.78, 5) is 26.3. The summed E-state index contributed by atoms with van der Waals surface area (Å²) in [5, 5.41) is 8.77. The minimum Gasteiger partial charge on any atom is -0.481 e. The second-order valence-electron chi connectivity index (χ2n) is 5.66. The zero-order chi connectivity index (χ0) is 15.2. The van der Waals surface area contributed by atoms with Gasteiger partial charge in [0.1, 0.15) is 0 Å². The number of carboxylic acids is 1. The maximum atomic E-state index is 12.4. The molecular formula is C13H26N2O4. The molecule has 0 heterocycles. The average Bonchev–Trinajstić information content (AvgIpc) is 2.26. The van der Waals surface area contributed by atoms with Gasteiger partial charge in [-0.1, -0.05) is 0 Å². The smallest absolute Gasteiger partial charge is 0.320 e. The van der Waals surface area contributed by atoms with Crippen LogP contribution in [0.5, 0.6) is 0 Å². The highest BCUT2D eigenvalue weighted by molar-refractivity contribution is 5.76. The van der Waals surface area contributed by atoms with Crippen LogP contribution in [0.3, 0.4) is 0 Å². The molecule has 1 N–H and O–H groups in total. The van der Waals surface area contributed by atoms with Gasteiger partial charge in [0, 0.05) is 26.2 Å². The first-order valence-corrected chi connectivity index (χ1v) is 6.36. The van der Waals surface area contributed by atoms with Crippen LogP contribution in [0.15, 0.2) is 0 Å². The summed E-state index contributed by atoms with van der Waals surface area (Å²) in [5.74, 6) is -0.908. The van der Waals surface area contributed by atoms with Crippen LogP contribution in [0, 0.1) is 0 Å². The summed E-state index contributed by atoms with van der Waals surface area (Å²) in [7, 11) is 3.28. The summed E-state index contributed by atoms with van der Waals surface area (Å²) in [6.07, 6.45) is -0.0600. The van der Waals surface area contributed by atoms with Crippen molar-refractivity contribution in [3.63, 3.8) is 0 Å². The molecule has 2 amide bonds. The van der Waals surface area contributed by atoms with Gasteiger partial charge in [-0.15, -0.1) is 0 Å². The monoisotopic (exact) mass is 274 g/mol. The number of carbonyl (C=O) groups is 2. The fourth-order valence-corrected chi connectivity index (χ4v) is 1.66. The molecular weight excluding hydrogens is 248 g/mol. The Balaban J connectivity index is 4.85. The fourth-order valence-electron chi connectivity index (χ4n) is 1.66. The molecule has 1 atom stereocenters. The van der Waals surface area contributed by atoms with E-state index in [-0.39, 0.29) is 25.0 Å². The minimum atomic E-state index is -0.908. The zero-order valence-corrected chi connectivity index (χ0v) is 12.8. The van der Waals surface area contributed by atoms with Gasteiger partial charge in [-0.25, -0.2) is 4.79 Å². The van der Waals surface area contributed by atoms with Crippen molar-refractivity contribution in [2.75, 3.05) is 27.3 Å². The number of amides is 2. The van der Waals surface area contributed by atoms with E-state index >= 15 is 0 Å². The molecule has 0 fully saturated rings. The van der Waals surface area contributed by atoms with Crippen molar-refractivity contribution in [1.82, 2.24) is 9.80 Å². The topological polar surface area (TPSA) is 70.1 Å². The molecule has 0 aliphatic carbocycles. The largest absolute Gasteiger partial charge is 0.481 e. The quantitative estimate of drug-likeness (QED) is 0.799. The molecule has 0 aromatic rings. The number of carbonyl (C=O) groups excluding carboxylic acids is 1. The Morgan fingerprint density at radius 3 is 2.21 bits per heavy atom. The molecule has 0 spiro atoms. The fraction of sp³-hybridized carbons (Fsp3) is 0.846. The van der Waals surface area contributed by atoms with Crippen molar-refractivity contribution < 1.29 is 19.4 Å². The van der Waals surface area contributed by atoms with E-state index in [2.05, 4.69) is 0 Å². The second kappa shape index (κ2) is 7.33. The molecule has 0 aliphatic heterocycles. The Morgan fingerprint density at radius 1 is 1.32 bits per heavy atom. The first-order valence-electron chi connectivity index (χ1n) is 6.36. The Bertz CT molecular complexity index is 312. The molecule has 6 heteroatoms. The van der Waals surface area contributed by atoms with Crippen LogP contribution in [-0.2, 0) is 9.53 Å². The summed E-state index contributed by atoms with van der Waals surface area (Å²) >= 11 is 0. The number of hydrogen-bond donors (Lipinski definition) is 1. The third-order valence-electron chi connectivity index (χ3n) is 2.96. The molecule has 112 valence electrons. The molecule has 0 radical (unpaired) electrons. The van der Waals surface area contributed by atoms with Crippen molar-refractivity contribution >= 4 is 12.0 Å². The molecule has 1 unspecified atom stereocenters. The number of methoxy groups -OCH3 is 1. The van der Waals surface area contributed by atoms with Gasteiger partial charge < -0.3 is 19.6 Å². The summed E-state index contributed by atoms with van der Waals surface area (Å²) in [5.41, 5.74) is -0.423. The molecule has 19 heavy (non-hydrogen) atoms. The van der Waals surface area contributed by atoms with E-state index in [1.54, 1.807) is 24.0 Å². The normalized spacial score (nSPS) is 12.9. The lowest BCUT2D eigenvalue weighted by Gasteiger charge is -2.39. The van der Waals surface area contributed by atoms with Crippen molar-refractivity contribution in [2.24, 2.45) is 0 Å². The number of aliphatic carboxylic acids is 1. The van der Waals surface area contributed by atoms with Crippen LogP contribution in [0.2, 0.25) is 0 Å². The maximum absolute atomic E-state index is 12.4. The number of likely N-dealkylation sites (N-methyl/N-ethyl adjacent to an activating group) is 1. The minimum absolute atomic E-state index is 0.0600. The van der Waals surface area contributed by atoms with E-state index in [0.29, 0.717) is 6.61 Å². The van der Waals surface area contributed by atoms with Gasteiger partial charge in [-0.2, -0.15) is 0 Å². The first-order chi connectivity index (χ1) is 8.61. The van der Waals surface area contributed by atoms with Gasteiger partial charge >= 0.3 is 12.0 Å². The van der Waals surface area contributed by atoms with E-state index in [4.69, 9.17) is 9.84 Å². The van der Waals surface area contributed by atoms with Gasteiger partial charge in [0.15, 0.2) is 0 Å². The highest BCUT2D eigenvalue weighted by atomic mass is 16.5. The SMILES string of the molecule is COCC(C)N(C)C(=O)N(CCC(=O)O)C(C)(C)C. The Kier molecular flexibility index (Phi) is 6.83. The van der Waals surface area contributed by atoms with E-state index in [0.717, 1.165) is 0 Å². The van der Waals surface area contributed by atoms with Gasteiger partial charge in [0.25, 0.3) is 0 Å². The summed E-state index contributed by atoms with van der Waals surface area (Å²) in [6, 6.07) is -0.245. The van der Waals surface area contributed by atoms with Crippen LogP contribution < -0.4 is 0 Å². The highest BCUT2D eigenvalue weighted by Crippen LogP contribution is 2.17. The van der Waals surface area contributed by atoms with E-state index in [9.17, 15) is 9.59 Å². The lowest BCUT2D eigenvalue weighted by Crippen LogP contribution is -2.54. The van der Waals surface area contributed by atoms with Crippen LogP contribution in [0.4, 0.5) is 4.79 Å². The maximum Gasteiger partial charge on any atom is 0.320 e. The third-order valence-corrected chi connectivity index (χ3v) is 2.96. The molecule has 0 rings (SSSR count). The molecule has 6 nitrogen and oxygen atoms in total. The zero-order valence-electron chi connectivity index (χ0n) is 12.8. The summed E-state index contributed by atoms with van der Waals surface area (Å²) < 4.78 is 5.03. The number of hydrogen-bond acceptors (Lipinski definition) is 3. The standard InChI is InChI=1S/C13H26N2O4/c1-10(9-19-6)14(5)12(18)15(13(2,3)4)8-7-11(16)17/h10H,7-9H2,1-6H3,(H,16,17). The van der Waals surface area contributed by atoms with Crippen molar-refractivity contribution in [3.05, 3.63) is 0 Å². The number of nitrogens with zero attached hydrogens (tertiary/aromatic N) is 2. The highest BCUT2D eigenvalue weighted by Gasteiger charge is 2.30. The van der Waals surface area contributed by atoms with Gasteiger partial charge in [0.05, 0.1) is 19.1 Å². The Morgan fingerprint density at radius 2 is 1.84 bits per heavy atom. The van der Waals surface area contributed by atoms with Crippen LogP contribution in [0.25, 0.3) is 0 Å². The Labute approximate surface area is 115 Å². The lowest BCUT2D eigenvalue weighted by atomic mass is 10.1. The van der Waals surface area contributed by atoms with Crippen LogP contribution in [-0.4, -0.2) is 65.8 Å². The molecule has 0 saturated carbocycles. The van der Waals surface area contributed by atoms with Crippen LogP contribution >= 0.6 is 0 Å². The number of urea groups is 1.